The normalized spacial score (nSPS) is 13.7. The first-order valence-corrected chi connectivity index (χ1v) is 11.6. The lowest BCUT2D eigenvalue weighted by atomic mass is 10.1. The van der Waals surface area contributed by atoms with Crippen LogP contribution in [0, 0.1) is 5.92 Å². The number of alkyl carbamates (subject to hydrolysis) is 1. The van der Waals surface area contributed by atoms with Gasteiger partial charge in [0.1, 0.15) is 0 Å². The molecule has 0 fully saturated rings. The Kier molecular flexibility index (Phi) is 7.48. The monoisotopic (exact) mass is 351 g/mol. The van der Waals surface area contributed by atoms with Gasteiger partial charge in [0.2, 0.25) is 0 Å². The van der Waals surface area contributed by atoms with Crippen LogP contribution in [0.4, 0.5) is 4.79 Å². The zero-order valence-corrected chi connectivity index (χ0v) is 17.2. The van der Waals surface area contributed by atoms with E-state index in [1.807, 2.05) is 44.2 Å². The molecule has 0 spiro atoms. The first-order valence-electron chi connectivity index (χ1n) is 8.66. The fourth-order valence-electron chi connectivity index (χ4n) is 1.90. The summed E-state index contributed by atoms with van der Waals surface area (Å²) in [4.78, 5) is 11.9. The lowest BCUT2D eigenvalue weighted by Gasteiger charge is -2.39. The second-order valence-electron chi connectivity index (χ2n) is 8.15. The summed E-state index contributed by atoms with van der Waals surface area (Å²) in [7, 11) is -1.95. The second kappa shape index (κ2) is 8.67. The summed E-state index contributed by atoms with van der Waals surface area (Å²) >= 11 is 0. The predicted molar refractivity (Wildman–Crippen MR) is 102 cm³/mol. The van der Waals surface area contributed by atoms with E-state index in [-0.39, 0.29) is 17.2 Å². The van der Waals surface area contributed by atoms with E-state index in [1.54, 1.807) is 0 Å². The van der Waals surface area contributed by atoms with E-state index in [0.29, 0.717) is 19.1 Å². The summed E-state index contributed by atoms with van der Waals surface area (Å²) in [6, 6.07) is 10.1. The summed E-state index contributed by atoms with van der Waals surface area (Å²) in [6.07, 6.45) is -0.554. The Labute approximate surface area is 148 Å². The number of nitrogens with one attached hydrogen (secondary N) is 1. The highest BCUT2D eigenvalue weighted by Gasteiger charge is 2.39. The molecule has 0 saturated carbocycles. The average molecular weight is 352 g/mol. The van der Waals surface area contributed by atoms with Crippen LogP contribution >= 0.6 is 0 Å². The van der Waals surface area contributed by atoms with Crippen LogP contribution in [0.2, 0.25) is 18.1 Å². The van der Waals surface area contributed by atoms with Gasteiger partial charge in [0.25, 0.3) is 0 Å². The average Bonchev–Trinajstić information content (AvgIpc) is 2.49. The summed E-state index contributed by atoms with van der Waals surface area (Å²) in [5.74, 6) is 0.323. The van der Waals surface area contributed by atoms with Crippen LogP contribution < -0.4 is 5.32 Å². The Hall–Kier alpha value is -1.33. The van der Waals surface area contributed by atoms with Gasteiger partial charge in [0.05, 0.1) is 19.3 Å². The molecule has 1 aromatic rings. The second-order valence-corrected chi connectivity index (χ2v) is 12.9. The SMILES string of the molecule is CC(C)COC(=O)NCC(O[Si](C)(C)C(C)(C)C)c1ccccc1. The van der Waals surface area contributed by atoms with Gasteiger partial charge in [-0.25, -0.2) is 4.79 Å². The predicted octanol–water partition coefficient (Wildman–Crippen LogP) is 5.13. The van der Waals surface area contributed by atoms with E-state index < -0.39 is 8.32 Å². The first-order chi connectivity index (χ1) is 11.0. The highest BCUT2D eigenvalue weighted by Crippen LogP contribution is 2.39. The van der Waals surface area contributed by atoms with E-state index >= 15 is 0 Å². The van der Waals surface area contributed by atoms with Crippen molar-refractivity contribution in [1.29, 1.82) is 0 Å². The van der Waals surface area contributed by atoms with Crippen molar-refractivity contribution in [2.24, 2.45) is 5.92 Å². The zero-order valence-electron chi connectivity index (χ0n) is 16.2. The molecule has 24 heavy (non-hydrogen) atoms. The Morgan fingerprint density at radius 3 is 2.25 bits per heavy atom. The van der Waals surface area contributed by atoms with Crippen molar-refractivity contribution in [3.8, 4) is 0 Å². The van der Waals surface area contributed by atoms with E-state index in [0.717, 1.165) is 5.56 Å². The molecule has 0 heterocycles. The first kappa shape index (κ1) is 20.7. The highest BCUT2D eigenvalue weighted by molar-refractivity contribution is 6.74. The largest absolute Gasteiger partial charge is 0.449 e. The van der Waals surface area contributed by atoms with Gasteiger partial charge >= 0.3 is 6.09 Å². The standard InChI is InChI=1S/C19H33NO3Si/c1-15(2)14-22-18(21)20-13-17(16-11-9-8-10-12-16)23-24(6,7)19(3,4)5/h8-12,15,17H,13-14H2,1-7H3,(H,20,21). The number of hydrogen-bond donors (Lipinski definition) is 1. The molecule has 136 valence electrons. The van der Waals surface area contributed by atoms with Crippen LogP contribution in [0.25, 0.3) is 0 Å². The molecule has 0 saturated heterocycles. The van der Waals surface area contributed by atoms with Gasteiger partial charge in [-0.2, -0.15) is 0 Å². The van der Waals surface area contributed by atoms with Gasteiger partial charge in [-0.1, -0.05) is 65.0 Å². The van der Waals surface area contributed by atoms with Gasteiger partial charge in [0.15, 0.2) is 8.32 Å². The Bertz CT molecular complexity index is 509. The Morgan fingerprint density at radius 2 is 1.75 bits per heavy atom. The minimum atomic E-state index is -1.95. The van der Waals surface area contributed by atoms with Gasteiger partial charge in [-0.3, -0.25) is 0 Å². The maximum absolute atomic E-state index is 11.9. The van der Waals surface area contributed by atoms with Crippen molar-refractivity contribution in [3.05, 3.63) is 35.9 Å². The molecule has 0 aliphatic rings. The molecule has 1 aromatic carbocycles. The minimum Gasteiger partial charge on any atom is -0.449 e. The van der Waals surface area contributed by atoms with Crippen LogP contribution in [-0.4, -0.2) is 27.6 Å². The van der Waals surface area contributed by atoms with E-state index in [9.17, 15) is 4.79 Å². The summed E-state index contributed by atoms with van der Waals surface area (Å²) in [6.45, 7) is 15.9. The van der Waals surface area contributed by atoms with Gasteiger partial charge in [0, 0.05) is 0 Å². The third-order valence-corrected chi connectivity index (χ3v) is 8.88. The molecule has 1 amide bonds. The fourth-order valence-corrected chi connectivity index (χ4v) is 3.18. The van der Waals surface area contributed by atoms with Crippen LogP contribution in [0.15, 0.2) is 30.3 Å². The molecule has 0 aromatic heterocycles. The molecule has 1 N–H and O–H groups in total. The van der Waals surface area contributed by atoms with E-state index in [2.05, 4.69) is 39.2 Å². The van der Waals surface area contributed by atoms with Gasteiger partial charge in [-0.15, -0.1) is 0 Å². The van der Waals surface area contributed by atoms with Gasteiger partial charge < -0.3 is 14.5 Å². The fraction of sp³-hybridized carbons (Fsp3) is 0.632. The van der Waals surface area contributed by atoms with Crippen molar-refractivity contribution < 1.29 is 14.0 Å². The van der Waals surface area contributed by atoms with Gasteiger partial charge in [-0.05, 0) is 29.6 Å². The number of hydrogen-bond acceptors (Lipinski definition) is 3. The van der Waals surface area contributed by atoms with Crippen molar-refractivity contribution >= 4 is 14.4 Å². The molecule has 0 radical (unpaired) electrons. The minimum absolute atomic E-state index is 0.109. The maximum Gasteiger partial charge on any atom is 0.407 e. The number of amides is 1. The molecule has 1 atom stereocenters. The third kappa shape index (κ3) is 6.65. The molecular formula is C19H33NO3Si. The lowest BCUT2D eigenvalue weighted by molar-refractivity contribution is 0.123. The number of carbonyl (C=O) groups excluding carboxylic acids is 1. The topological polar surface area (TPSA) is 47.6 Å². The number of carbonyl (C=O) groups is 1. The molecule has 1 rings (SSSR count). The molecule has 4 nitrogen and oxygen atoms in total. The maximum atomic E-state index is 11.9. The third-order valence-electron chi connectivity index (χ3n) is 4.39. The Morgan fingerprint density at radius 1 is 1.17 bits per heavy atom. The number of benzene rings is 1. The summed E-state index contributed by atoms with van der Waals surface area (Å²) in [5, 5.41) is 2.96. The van der Waals surface area contributed by atoms with E-state index in [1.165, 1.54) is 0 Å². The molecule has 0 aliphatic heterocycles. The lowest BCUT2D eigenvalue weighted by Crippen LogP contribution is -2.44. The van der Waals surface area contributed by atoms with Crippen LogP contribution in [0.3, 0.4) is 0 Å². The van der Waals surface area contributed by atoms with Crippen LogP contribution in [0.1, 0.15) is 46.3 Å². The summed E-state index contributed by atoms with van der Waals surface area (Å²) < 4.78 is 11.7. The highest BCUT2D eigenvalue weighted by atomic mass is 28.4. The van der Waals surface area contributed by atoms with Crippen molar-refractivity contribution in [1.82, 2.24) is 5.32 Å². The smallest absolute Gasteiger partial charge is 0.407 e. The molecule has 0 aliphatic carbocycles. The van der Waals surface area contributed by atoms with Crippen molar-refractivity contribution in [2.75, 3.05) is 13.2 Å². The van der Waals surface area contributed by atoms with Crippen molar-refractivity contribution in [3.63, 3.8) is 0 Å². The van der Waals surface area contributed by atoms with E-state index in [4.69, 9.17) is 9.16 Å². The molecule has 5 heteroatoms. The number of rotatable bonds is 7. The quantitative estimate of drug-likeness (QED) is 0.693. The Balaban J connectivity index is 2.79. The summed E-state index contributed by atoms with van der Waals surface area (Å²) in [5.41, 5.74) is 1.08. The number of ether oxygens (including phenoxy) is 1. The zero-order chi connectivity index (χ0) is 18.4. The molecule has 0 bridgehead atoms. The molecule has 1 unspecified atom stereocenters. The van der Waals surface area contributed by atoms with Crippen LogP contribution in [-0.2, 0) is 9.16 Å². The van der Waals surface area contributed by atoms with Crippen LogP contribution in [0.5, 0.6) is 0 Å². The van der Waals surface area contributed by atoms with Crippen molar-refractivity contribution in [2.45, 2.75) is 58.9 Å². The molecular weight excluding hydrogens is 318 g/mol.